The van der Waals surface area contributed by atoms with Crippen molar-refractivity contribution in [1.29, 1.82) is 0 Å². The fraction of sp³-hybridized carbons (Fsp3) is 1.00. The molecule has 0 aromatic heterocycles. The molecular formula is C12H25NO. The van der Waals surface area contributed by atoms with E-state index >= 15 is 0 Å². The highest BCUT2D eigenvalue weighted by Gasteiger charge is 2.46. The van der Waals surface area contributed by atoms with Crippen LogP contribution in [0.3, 0.4) is 0 Å². The number of nitrogens with two attached hydrogens (primary N) is 1. The zero-order valence-corrected chi connectivity index (χ0v) is 10.1. The molecule has 1 unspecified atom stereocenters. The van der Waals surface area contributed by atoms with Crippen molar-refractivity contribution < 1.29 is 5.11 Å². The largest absolute Gasteiger partial charge is 0.388 e. The molecule has 0 heterocycles. The minimum atomic E-state index is -0.642. The summed E-state index contributed by atoms with van der Waals surface area (Å²) in [7, 11) is 0. The molecule has 3 N–H and O–H groups in total. The van der Waals surface area contributed by atoms with Gasteiger partial charge in [-0.25, -0.2) is 0 Å². The first-order valence-electron chi connectivity index (χ1n) is 5.74. The molecule has 1 rings (SSSR count). The number of hydrogen-bond acceptors (Lipinski definition) is 2. The molecule has 0 bridgehead atoms. The third kappa shape index (κ3) is 2.12. The predicted molar refractivity (Wildman–Crippen MR) is 60.1 cm³/mol. The van der Waals surface area contributed by atoms with Gasteiger partial charge in [-0.2, -0.15) is 0 Å². The number of aliphatic hydroxyl groups is 1. The Morgan fingerprint density at radius 2 is 1.64 bits per heavy atom. The lowest BCUT2D eigenvalue weighted by Gasteiger charge is -2.48. The molecule has 1 atom stereocenters. The third-order valence-electron chi connectivity index (χ3n) is 4.23. The van der Waals surface area contributed by atoms with E-state index in [1.807, 2.05) is 6.92 Å². The molecule has 2 nitrogen and oxygen atoms in total. The van der Waals surface area contributed by atoms with Crippen molar-refractivity contribution in [1.82, 2.24) is 0 Å². The van der Waals surface area contributed by atoms with Crippen LogP contribution in [0.2, 0.25) is 0 Å². The summed E-state index contributed by atoms with van der Waals surface area (Å²) in [6.45, 7) is 8.57. The maximum absolute atomic E-state index is 10.5. The SMILES string of the molecule is CCC(C)(N)C1(O)CCC(C)(C)CC1. The molecule has 2 heteroatoms. The zero-order valence-electron chi connectivity index (χ0n) is 10.1. The quantitative estimate of drug-likeness (QED) is 0.717. The Hall–Kier alpha value is -0.0800. The summed E-state index contributed by atoms with van der Waals surface area (Å²) in [6, 6.07) is 0. The third-order valence-corrected chi connectivity index (χ3v) is 4.23. The van der Waals surface area contributed by atoms with Crippen molar-refractivity contribution in [3.05, 3.63) is 0 Å². The highest BCUT2D eigenvalue weighted by molar-refractivity contribution is 5.03. The van der Waals surface area contributed by atoms with E-state index in [1.54, 1.807) is 0 Å². The summed E-state index contributed by atoms with van der Waals surface area (Å²) in [5.41, 5.74) is 5.48. The molecular weight excluding hydrogens is 174 g/mol. The molecule has 1 aliphatic carbocycles. The monoisotopic (exact) mass is 199 g/mol. The van der Waals surface area contributed by atoms with Gasteiger partial charge >= 0.3 is 0 Å². The first kappa shape index (κ1) is 12.0. The van der Waals surface area contributed by atoms with Gasteiger partial charge in [-0.05, 0) is 44.4 Å². The summed E-state index contributed by atoms with van der Waals surface area (Å²) < 4.78 is 0. The highest BCUT2D eigenvalue weighted by Crippen LogP contribution is 2.44. The number of rotatable bonds is 2. The summed E-state index contributed by atoms with van der Waals surface area (Å²) in [4.78, 5) is 0. The van der Waals surface area contributed by atoms with E-state index in [2.05, 4.69) is 20.8 Å². The minimum Gasteiger partial charge on any atom is -0.388 e. The van der Waals surface area contributed by atoms with Crippen LogP contribution in [0.1, 0.15) is 59.8 Å². The van der Waals surface area contributed by atoms with Gasteiger partial charge < -0.3 is 10.8 Å². The predicted octanol–water partition coefficient (Wildman–Crippen LogP) is 2.45. The summed E-state index contributed by atoms with van der Waals surface area (Å²) in [6.07, 6.45) is 4.69. The second-order valence-corrected chi connectivity index (χ2v) is 5.97. The molecule has 14 heavy (non-hydrogen) atoms. The van der Waals surface area contributed by atoms with Crippen LogP contribution in [-0.2, 0) is 0 Å². The lowest BCUT2D eigenvalue weighted by atomic mass is 9.64. The summed E-state index contributed by atoms with van der Waals surface area (Å²) in [5, 5.41) is 10.5. The van der Waals surface area contributed by atoms with Crippen molar-refractivity contribution in [2.24, 2.45) is 11.1 Å². The fourth-order valence-electron chi connectivity index (χ4n) is 2.24. The van der Waals surface area contributed by atoms with Crippen molar-refractivity contribution in [2.45, 2.75) is 70.9 Å². The molecule has 0 aromatic carbocycles. The van der Waals surface area contributed by atoms with E-state index in [9.17, 15) is 5.11 Å². The lowest BCUT2D eigenvalue weighted by Crippen LogP contribution is -2.60. The Morgan fingerprint density at radius 3 is 2.00 bits per heavy atom. The second-order valence-electron chi connectivity index (χ2n) is 5.97. The molecule has 0 saturated heterocycles. The van der Waals surface area contributed by atoms with Crippen LogP contribution < -0.4 is 5.73 Å². The van der Waals surface area contributed by atoms with Crippen LogP contribution in [0.15, 0.2) is 0 Å². The lowest BCUT2D eigenvalue weighted by molar-refractivity contribution is -0.0801. The first-order valence-corrected chi connectivity index (χ1v) is 5.74. The number of hydrogen-bond donors (Lipinski definition) is 2. The van der Waals surface area contributed by atoms with Crippen LogP contribution in [0.4, 0.5) is 0 Å². The second kappa shape index (κ2) is 3.49. The molecule has 0 spiro atoms. The molecule has 1 aliphatic rings. The Bertz CT molecular complexity index is 198. The summed E-state index contributed by atoms with van der Waals surface area (Å²) in [5.74, 6) is 0. The zero-order chi connectivity index (χ0) is 11.0. The van der Waals surface area contributed by atoms with Crippen LogP contribution in [0, 0.1) is 5.41 Å². The van der Waals surface area contributed by atoms with E-state index in [-0.39, 0.29) is 0 Å². The van der Waals surface area contributed by atoms with E-state index in [4.69, 9.17) is 5.73 Å². The van der Waals surface area contributed by atoms with Crippen molar-refractivity contribution in [3.63, 3.8) is 0 Å². The summed E-state index contributed by atoms with van der Waals surface area (Å²) >= 11 is 0. The van der Waals surface area contributed by atoms with E-state index in [0.717, 1.165) is 32.1 Å². The Labute approximate surface area is 87.9 Å². The average molecular weight is 199 g/mol. The van der Waals surface area contributed by atoms with Gasteiger partial charge in [-0.15, -0.1) is 0 Å². The van der Waals surface area contributed by atoms with Crippen LogP contribution in [0.25, 0.3) is 0 Å². The molecule has 1 saturated carbocycles. The van der Waals surface area contributed by atoms with Crippen LogP contribution in [-0.4, -0.2) is 16.2 Å². The molecule has 1 fully saturated rings. The first-order chi connectivity index (χ1) is 6.22. The standard InChI is InChI=1S/C12H25NO/c1-5-11(4,13)12(14)8-6-10(2,3)7-9-12/h14H,5-9,13H2,1-4H3. The Balaban J connectivity index is 2.71. The average Bonchev–Trinajstić information content (AvgIpc) is 2.10. The maximum atomic E-state index is 10.5. The van der Waals surface area contributed by atoms with Gasteiger partial charge in [0.25, 0.3) is 0 Å². The molecule has 0 aromatic rings. The highest BCUT2D eigenvalue weighted by atomic mass is 16.3. The normalized spacial score (nSPS) is 29.6. The maximum Gasteiger partial charge on any atom is 0.0823 e. The molecule has 0 aliphatic heterocycles. The van der Waals surface area contributed by atoms with Crippen LogP contribution in [0.5, 0.6) is 0 Å². The van der Waals surface area contributed by atoms with Gasteiger partial charge in [-0.3, -0.25) is 0 Å². The Kier molecular flexibility index (Phi) is 2.99. The van der Waals surface area contributed by atoms with Crippen molar-refractivity contribution >= 4 is 0 Å². The van der Waals surface area contributed by atoms with E-state index in [0.29, 0.717) is 5.41 Å². The van der Waals surface area contributed by atoms with Crippen LogP contribution >= 0.6 is 0 Å². The van der Waals surface area contributed by atoms with Gasteiger partial charge in [0, 0.05) is 5.54 Å². The topological polar surface area (TPSA) is 46.2 Å². The molecule has 84 valence electrons. The van der Waals surface area contributed by atoms with Gasteiger partial charge in [0.15, 0.2) is 0 Å². The molecule has 0 amide bonds. The van der Waals surface area contributed by atoms with Crippen molar-refractivity contribution in [2.75, 3.05) is 0 Å². The van der Waals surface area contributed by atoms with Gasteiger partial charge in [-0.1, -0.05) is 20.8 Å². The van der Waals surface area contributed by atoms with E-state index < -0.39 is 11.1 Å². The smallest absolute Gasteiger partial charge is 0.0823 e. The molecule has 0 radical (unpaired) electrons. The van der Waals surface area contributed by atoms with Crippen molar-refractivity contribution in [3.8, 4) is 0 Å². The van der Waals surface area contributed by atoms with Gasteiger partial charge in [0.1, 0.15) is 0 Å². The van der Waals surface area contributed by atoms with E-state index in [1.165, 1.54) is 0 Å². The Morgan fingerprint density at radius 1 is 1.21 bits per heavy atom. The van der Waals surface area contributed by atoms with Gasteiger partial charge in [0.05, 0.1) is 5.60 Å². The fourth-order valence-corrected chi connectivity index (χ4v) is 2.24. The van der Waals surface area contributed by atoms with Gasteiger partial charge in [0.2, 0.25) is 0 Å². The minimum absolute atomic E-state index is 0.385.